The summed E-state index contributed by atoms with van der Waals surface area (Å²) < 4.78 is 10.3. The van der Waals surface area contributed by atoms with Gasteiger partial charge in [-0.1, -0.05) is 0 Å². The Bertz CT molecular complexity index is 427. The summed E-state index contributed by atoms with van der Waals surface area (Å²) in [6, 6.07) is 7.24. The first kappa shape index (κ1) is 13.8. The molecule has 0 aliphatic heterocycles. The first-order valence-electron chi connectivity index (χ1n) is 6.46. The van der Waals surface area contributed by atoms with Crippen molar-refractivity contribution in [2.45, 2.75) is 24.8 Å². The lowest BCUT2D eigenvalue weighted by Gasteiger charge is -2.36. The van der Waals surface area contributed by atoms with Gasteiger partial charge in [0.05, 0.1) is 12.1 Å². The van der Waals surface area contributed by atoms with Gasteiger partial charge in [0.15, 0.2) is 0 Å². The molecule has 5 heteroatoms. The molecule has 0 radical (unpaired) electrons. The molecule has 5 nitrogen and oxygen atoms in total. The van der Waals surface area contributed by atoms with E-state index in [4.69, 9.17) is 15.2 Å². The van der Waals surface area contributed by atoms with E-state index in [0.717, 1.165) is 30.7 Å². The molecule has 2 rings (SSSR count). The number of methoxy groups -OCH3 is 1. The maximum atomic E-state index is 11.9. The molecule has 0 aromatic heterocycles. The molecule has 0 unspecified atom stereocenters. The van der Waals surface area contributed by atoms with E-state index in [1.54, 1.807) is 7.11 Å². The van der Waals surface area contributed by atoms with Gasteiger partial charge in [-0.2, -0.15) is 0 Å². The Morgan fingerprint density at radius 1 is 1.32 bits per heavy atom. The largest absolute Gasteiger partial charge is 0.491 e. The SMILES string of the molecule is COCCOc1ccc(NC(=O)C2(N)CCC2)cc1. The normalized spacial score (nSPS) is 16.5. The van der Waals surface area contributed by atoms with Crippen molar-refractivity contribution < 1.29 is 14.3 Å². The van der Waals surface area contributed by atoms with Crippen LogP contribution in [0.4, 0.5) is 5.69 Å². The molecule has 3 N–H and O–H groups in total. The molecule has 1 aliphatic carbocycles. The number of amides is 1. The summed E-state index contributed by atoms with van der Waals surface area (Å²) in [5.41, 5.74) is 6.02. The van der Waals surface area contributed by atoms with E-state index in [1.165, 1.54) is 0 Å². The van der Waals surface area contributed by atoms with E-state index >= 15 is 0 Å². The second kappa shape index (κ2) is 6.04. The molecule has 0 saturated heterocycles. The molecular formula is C14H20N2O3. The van der Waals surface area contributed by atoms with Gasteiger partial charge in [0, 0.05) is 12.8 Å². The molecule has 1 aromatic carbocycles. The fraction of sp³-hybridized carbons (Fsp3) is 0.500. The second-order valence-electron chi connectivity index (χ2n) is 4.83. The van der Waals surface area contributed by atoms with Gasteiger partial charge in [-0.15, -0.1) is 0 Å². The summed E-state index contributed by atoms with van der Waals surface area (Å²) in [5.74, 6) is 0.646. The van der Waals surface area contributed by atoms with Gasteiger partial charge in [0.25, 0.3) is 0 Å². The average Bonchev–Trinajstić information content (AvgIpc) is 2.38. The number of rotatable bonds is 6. The molecule has 1 saturated carbocycles. The third kappa shape index (κ3) is 3.45. The minimum absolute atomic E-state index is 0.105. The summed E-state index contributed by atoms with van der Waals surface area (Å²) in [7, 11) is 1.63. The lowest BCUT2D eigenvalue weighted by atomic mass is 9.77. The number of carbonyl (C=O) groups excluding carboxylic acids is 1. The highest BCUT2D eigenvalue weighted by atomic mass is 16.5. The van der Waals surface area contributed by atoms with Crippen molar-refractivity contribution in [3.63, 3.8) is 0 Å². The fourth-order valence-corrected chi connectivity index (χ4v) is 1.92. The van der Waals surface area contributed by atoms with Crippen molar-refractivity contribution >= 4 is 11.6 Å². The van der Waals surface area contributed by atoms with Crippen LogP contribution in [0.3, 0.4) is 0 Å². The number of hydrogen-bond acceptors (Lipinski definition) is 4. The zero-order chi connectivity index (χ0) is 13.7. The number of ether oxygens (including phenoxy) is 2. The Labute approximate surface area is 113 Å². The Morgan fingerprint density at radius 3 is 2.53 bits per heavy atom. The first-order valence-corrected chi connectivity index (χ1v) is 6.46. The van der Waals surface area contributed by atoms with Gasteiger partial charge in [-0.25, -0.2) is 0 Å². The lowest BCUT2D eigenvalue weighted by molar-refractivity contribution is -0.123. The highest BCUT2D eigenvalue weighted by Crippen LogP contribution is 2.30. The number of benzene rings is 1. The van der Waals surface area contributed by atoms with Gasteiger partial charge >= 0.3 is 0 Å². The standard InChI is InChI=1S/C14H20N2O3/c1-18-9-10-19-12-5-3-11(4-6-12)16-13(17)14(15)7-2-8-14/h3-6H,2,7-10,15H2,1H3,(H,16,17). The Morgan fingerprint density at radius 2 is 2.00 bits per heavy atom. The van der Waals surface area contributed by atoms with Crippen LogP contribution in [-0.4, -0.2) is 31.8 Å². The van der Waals surface area contributed by atoms with Crippen molar-refractivity contribution in [1.82, 2.24) is 0 Å². The van der Waals surface area contributed by atoms with Crippen molar-refractivity contribution in [1.29, 1.82) is 0 Å². The second-order valence-corrected chi connectivity index (χ2v) is 4.83. The third-order valence-corrected chi connectivity index (χ3v) is 3.37. The van der Waals surface area contributed by atoms with Crippen molar-refractivity contribution in [3.05, 3.63) is 24.3 Å². The van der Waals surface area contributed by atoms with Gasteiger partial charge in [0.1, 0.15) is 12.4 Å². The van der Waals surface area contributed by atoms with Crippen LogP contribution in [0.5, 0.6) is 5.75 Å². The highest BCUT2D eigenvalue weighted by molar-refractivity contribution is 5.98. The molecule has 0 spiro atoms. The van der Waals surface area contributed by atoms with Gasteiger partial charge in [0.2, 0.25) is 5.91 Å². The molecule has 1 fully saturated rings. The number of nitrogens with two attached hydrogens (primary N) is 1. The van der Waals surface area contributed by atoms with Crippen LogP contribution in [0.1, 0.15) is 19.3 Å². The predicted molar refractivity (Wildman–Crippen MR) is 73.2 cm³/mol. The molecule has 0 atom stereocenters. The van der Waals surface area contributed by atoms with E-state index in [9.17, 15) is 4.79 Å². The zero-order valence-corrected chi connectivity index (χ0v) is 11.1. The average molecular weight is 264 g/mol. The Kier molecular flexibility index (Phi) is 4.39. The minimum atomic E-state index is -0.673. The Balaban J connectivity index is 1.86. The number of carbonyl (C=O) groups is 1. The highest BCUT2D eigenvalue weighted by Gasteiger charge is 2.40. The molecule has 0 heterocycles. The van der Waals surface area contributed by atoms with E-state index < -0.39 is 5.54 Å². The summed E-state index contributed by atoms with van der Waals surface area (Å²) in [6.07, 6.45) is 2.55. The summed E-state index contributed by atoms with van der Waals surface area (Å²) in [5, 5.41) is 2.83. The molecule has 104 valence electrons. The van der Waals surface area contributed by atoms with E-state index in [0.29, 0.717) is 13.2 Å². The molecule has 1 amide bonds. The maximum Gasteiger partial charge on any atom is 0.244 e. The maximum absolute atomic E-state index is 11.9. The van der Waals surface area contributed by atoms with Crippen LogP contribution in [0.15, 0.2) is 24.3 Å². The molecule has 0 bridgehead atoms. The van der Waals surface area contributed by atoms with E-state index in [-0.39, 0.29) is 5.91 Å². The summed E-state index contributed by atoms with van der Waals surface area (Å²) >= 11 is 0. The summed E-state index contributed by atoms with van der Waals surface area (Å²) in [6.45, 7) is 1.06. The molecule has 1 aromatic rings. The smallest absolute Gasteiger partial charge is 0.244 e. The number of nitrogens with one attached hydrogen (secondary N) is 1. The quantitative estimate of drug-likeness (QED) is 0.764. The van der Waals surface area contributed by atoms with Gasteiger partial charge in [-0.3, -0.25) is 4.79 Å². The summed E-state index contributed by atoms with van der Waals surface area (Å²) in [4.78, 5) is 11.9. The molecular weight excluding hydrogens is 244 g/mol. The van der Waals surface area contributed by atoms with Crippen LogP contribution in [0.2, 0.25) is 0 Å². The van der Waals surface area contributed by atoms with Gasteiger partial charge < -0.3 is 20.5 Å². The van der Waals surface area contributed by atoms with Crippen LogP contribution < -0.4 is 15.8 Å². The molecule has 1 aliphatic rings. The zero-order valence-electron chi connectivity index (χ0n) is 11.1. The molecule has 19 heavy (non-hydrogen) atoms. The van der Waals surface area contributed by atoms with Crippen LogP contribution in [0, 0.1) is 0 Å². The van der Waals surface area contributed by atoms with Crippen molar-refractivity contribution in [3.8, 4) is 5.75 Å². The van der Waals surface area contributed by atoms with Crippen molar-refractivity contribution in [2.24, 2.45) is 5.73 Å². The van der Waals surface area contributed by atoms with E-state index in [1.807, 2.05) is 24.3 Å². The monoisotopic (exact) mass is 264 g/mol. The fourth-order valence-electron chi connectivity index (χ4n) is 1.92. The van der Waals surface area contributed by atoms with Crippen LogP contribution >= 0.6 is 0 Å². The first-order chi connectivity index (χ1) is 9.14. The van der Waals surface area contributed by atoms with E-state index in [2.05, 4.69) is 5.32 Å². The van der Waals surface area contributed by atoms with Crippen LogP contribution in [0.25, 0.3) is 0 Å². The number of hydrogen-bond donors (Lipinski definition) is 2. The number of anilines is 1. The minimum Gasteiger partial charge on any atom is -0.491 e. The predicted octanol–water partition coefficient (Wildman–Crippen LogP) is 1.53. The topological polar surface area (TPSA) is 73.6 Å². The van der Waals surface area contributed by atoms with Gasteiger partial charge in [-0.05, 0) is 43.5 Å². The lowest BCUT2D eigenvalue weighted by Crippen LogP contribution is -2.56. The van der Waals surface area contributed by atoms with Crippen molar-refractivity contribution in [2.75, 3.05) is 25.6 Å². The Hall–Kier alpha value is -1.59. The van der Waals surface area contributed by atoms with Crippen LogP contribution in [-0.2, 0) is 9.53 Å². The third-order valence-electron chi connectivity index (χ3n) is 3.37.